The third-order valence-electron chi connectivity index (χ3n) is 5.93. The molecule has 30 heavy (non-hydrogen) atoms. The number of nitrogens with one attached hydrogen (secondary N) is 1. The van der Waals surface area contributed by atoms with Crippen LogP contribution in [0.1, 0.15) is 39.9 Å². The lowest BCUT2D eigenvalue weighted by Gasteiger charge is -2.22. The predicted molar refractivity (Wildman–Crippen MR) is 110 cm³/mol. The molecule has 0 saturated heterocycles. The van der Waals surface area contributed by atoms with Gasteiger partial charge in [-0.2, -0.15) is 0 Å². The van der Waals surface area contributed by atoms with E-state index in [1.54, 1.807) is 25.6 Å². The first kappa shape index (κ1) is 18.5. The third kappa shape index (κ3) is 3.14. The van der Waals surface area contributed by atoms with Crippen LogP contribution in [0.15, 0.2) is 48.9 Å². The average Bonchev–Trinajstić information content (AvgIpc) is 3.48. The molecule has 3 heterocycles. The maximum atomic E-state index is 13.0. The fourth-order valence-corrected chi connectivity index (χ4v) is 4.20. The molecular formula is C22H22N6O2. The highest BCUT2D eigenvalue weighted by atomic mass is 16.2. The number of hydrogen-bond acceptors (Lipinski definition) is 5. The van der Waals surface area contributed by atoms with E-state index in [-0.39, 0.29) is 23.7 Å². The van der Waals surface area contributed by atoms with Crippen molar-refractivity contribution in [3.8, 4) is 0 Å². The zero-order valence-corrected chi connectivity index (χ0v) is 16.8. The highest BCUT2D eigenvalue weighted by molar-refractivity contribution is 6.02. The van der Waals surface area contributed by atoms with E-state index in [4.69, 9.17) is 0 Å². The first-order chi connectivity index (χ1) is 14.5. The van der Waals surface area contributed by atoms with Crippen molar-refractivity contribution < 1.29 is 9.59 Å². The van der Waals surface area contributed by atoms with Crippen LogP contribution in [0.3, 0.4) is 0 Å². The summed E-state index contributed by atoms with van der Waals surface area (Å²) in [5, 5.41) is 2.92. The van der Waals surface area contributed by atoms with E-state index in [0.29, 0.717) is 18.1 Å². The Morgan fingerprint density at radius 1 is 1.20 bits per heavy atom. The normalized spacial score (nSPS) is 22.1. The molecule has 0 spiro atoms. The van der Waals surface area contributed by atoms with Crippen LogP contribution in [-0.4, -0.2) is 44.4 Å². The summed E-state index contributed by atoms with van der Waals surface area (Å²) in [6.07, 6.45) is 5.79. The first-order valence-electron chi connectivity index (χ1n) is 10.00. The van der Waals surface area contributed by atoms with Crippen LogP contribution in [-0.2, 0) is 11.3 Å². The molecule has 0 unspecified atom stereocenters. The van der Waals surface area contributed by atoms with E-state index in [0.717, 1.165) is 23.5 Å². The van der Waals surface area contributed by atoms with Gasteiger partial charge in [-0.3, -0.25) is 19.5 Å². The zero-order chi connectivity index (χ0) is 20.8. The predicted octanol–water partition coefficient (Wildman–Crippen LogP) is 1.91. The number of carbonyl (C=O) groups is 2. The molecule has 1 aliphatic carbocycles. The number of aromatic nitrogens is 4. The Morgan fingerprint density at radius 2 is 1.97 bits per heavy atom. The lowest BCUT2D eigenvalue weighted by atomic mass is 10.1. The number of amides is 2. The van der Waals surface area contributed by atoms with Gasteiger partial charge in [-0.25, -0.2) is 9.97 Å². The Kier molecular flexibility index (Phi) is 4.34. The fraction of sp³-hybridized carbons (Fsp3) is 0.318. The molecule has 5 rings (SSSR count). The van der Waals surface area contributed by atoms with E-state index in [1.807, 2.05) is 41.8 Å². The van der Waals surface area contributed by atoms with Gasteiger partial charge in [0.1, 0.15) is 17.6 Å². The second kappa shape index (κ2) is 7.05. The van der Waals surface area contributed by atoms with Crippen LogP contribution in [0, 0.1) is 12.8 Å². The average molecular weight is 402 g/mol. The molecule has 2 aliphatic rings. The SMILES string of the molecule is Cc1nc(C(=O)N[C@@H]2C(=O)N(C)c3nccnc3[C@@H]3C[C@H]23)cn1Cc1ccccc1. The lowest BCUT2D eigenvalue weighted by molar-refractivity contribution is -0.120. The van der Waals surface area contributed by atoms with Gasteiger partial charge in [0.15, 0.2) is 5.82 Å². The lowest BCUT2D eigenvalue weighted by Crippen LogP contribution is -2.48. The minimum atomic E-state index is -0.608. The fourth-order valence-electron chi connectivity index (χ4n) is 4.20. The van der Waals surface area contributed by atoms with Gasteiger partial charge >= 0.3 is 0 Å². The van der Waals surface area contributed by atoms with Crippen molar-refractivity contribution in [2.24, 2.45) is 5.92 Å². The maximum absolute atomic E-state index is 13.0. The Bertz CT molecular complexity index is 1130. The number of hydrogen-bond donors (Lipinski definition) is 1. The van der Waals surface area contributed by atoms with Crippen LogP contribution in [0.25, 0.3) is 0 Å². The van der Waals surface area contributed by atoms with Crippen molar-refractivity contribution >= 4 is 17.6 Å². The number of aryl methyl sites for hydroxylation is 1. The van der Waals surface area contributed by atoms with Gasteiger partial charge in [0, 0.05) is 38.1 Å². The molecular weight excluding hydrogens is 380 g/mol. The molecule has 1 N–H and O–H groups in total. The number of carbonyl (C=O) groups excluding carboxylic acids is 2. The Balaban J connectivity index is 1.35. The number of anilines is 1. The van der Waals surface area contributed by atoms with Crippen molar-refractivity contribution in [3.63, 3.8) is 0 Å². The summed E-state index contributed by atoms with van der Waals surface area (Å²) < 4.78 is 1.94. The summed E-state index contributed by atoms with van der Waals surface area (Å²) >= 11 is 0. The van der Waals surface area contributed by atoms with Crippen LogP contribution < -0.4 is 10.2 Å². The number of imidazole rings is 1. The molecule has 152 valence electrons. The van der Waals surface area contributed by atoms with Crippen LogP contribution in [0.4, 0.5) is 5.82 Å². The van der Waals surface area contributed by atoms with Crippen molar-refractivity contribution in [1.29, 1.82) is 0 Å². The minimum absolute atomic E-state index is 0.0364. The van der Waals surface area contributed by atoms with E-state index >= 15 is 0 Å². The van der Waals surface area contributed by atoms with Gasteiger partial charge in [-0.05, 0) is 24.8 Å². The van der Waals surface area contributed by atoms with Gasteiger partial charge in [0.05, 0.1) is 5.69 Å². The molecule has 3 atom stereocenters. The van der Waals surface area contributed by atoms with E-state index in [1.165, 1.54) is 4.90 Å². The molecule has 1 aliphatic heterocycles. The second-order valence-corrected chi connectivity index (χ2v) is 7.91. The summed E-state index contributed by atoms with van der Waals surface area (Å²) in [6.45, 7) is 2.50. The standard InChI is InChI=1S/C22H22N6O2/c1-13-25-17(12-28(13)11-14-6-4-3-5-7-14)21(29)26-19-16-10-15(16)18-20(24-9-8-23-18)27(2)22(19)30/h3-9,12,15-16,19H,10-11H2,1-2H3,(H,26,29)/t15-,16+,19+/m1/s1. The number of rotatable bonds is 4. The quantitative estimate of drug-likeness (QED) is 0.720. The molecule has 1 aromatic carbocycles. The van der Waals surface area contributed by atoms with Crippen LogP contribution in [0.2, 0.25) is 0 Å². The summed E-state index contributed by atoms with van der Waals surface area (Å²) in [6, 6.07) is 9.40. The van der Waals surface area contributed by atoms with Crippen molar-refractivity contribution in [2.45, 2.75) is 31.8 Å². The van der Waals surface area contributed by atoms with Gasteiger partial charge in [-0.1, -0.05) is 30.3 Å². The smallest absolute Gasteiger partial charge is 0.272 e. The number of likely N-dealkylation sites (N-methyl/N-ethyl adjacent to an activating group) is 1. The molecule has 8 nitrogen and oxygen atoms in total. The van der Waals surface area contributed by atoms with Crippen molar-refractivity contribution in [3.05, 3.63) is 71.7 Å². The highest BCUT2D eigenvalue weighted by Gasteiger charge is 2.53. The Labute approximate surface area is 174 Å². The topological polar surface area (TPSA) is 93.0 Å². The van der Waals surface area contributed by atoms with Crippen molar-refractivity contribution in [1.82, 2.24) is 24.8 Å². The Morgan fingerprint density at radius 3 is 2.77 bits per heavy atom. The van der Waals surface area contributed by atoms with Gasteiger partial charge < -0.3 is 9.88 Å². The van der Waals surface area contributed by atoms with Crippen LogP contribution in [0.5, 0.6) is 0 Å². The number of benzene rings is 1. The van der Waals surface area contributed by atoms with E-state index < -0.39 is 6.04 Å². The molecule has 8 heteroatoms. The first-order valence-corrected chi connectivity index (χ1v) is 10.00. The monoisotopic (exact) mass is 402 g/mol. The molecule has 2 amide bonds. The summed E-state index contributed by atoms with van der Waals surface area (Å²) in [5.41, 5.74) is 2.27. The minimum Gasteiger partial charge on any atom is -0.339 e. The third-order valence-corrected chi connectivity index (χ3v) is 5.93. The molecule has 1 fully saturated rings. The van der Waals surface area contributed by atoms with E-state index in [2.05, 4.69) is 20.3 Å². The van der Waals surface area contributed by atoms with Gasteiger partial charge in [0.2, 0.25) is 0 Å². The molecule has 2 aromatic heterocycles. The molecule has 3 aromatic rings. The zero-order valence-electron chi connectivity index (χ0n) is 16.8. The summed E-state index contributed by atoms with van der Waals surface area (Å²) in [4.78, 5) is 40.7. The Hall–Kier alpha value is -3.55. The van der Waals surface area contributed by atoms with Gasteiger partial charge in [0.25, 0.3) is 11.8 Å². The van der Waals surface area contributed by atoms with Crippen molar-refractivity contribution in [2.75, 3.05) is 11.9 Å². The second-order valence-electron chi connectivity index (χ2n) is 7.91. The number of fused-ring (bicyclic) bond motifs is 3. The molecule has 0 radical (unpaired) electrons. The van der Waals surface area contributed by atoms with Crippen LogP contribution >= 0.6 is 0 Å². The maximum Gasteiger partial charge on any atom is 0.272 e. The van der Waals surface area contributed by atoms with E-state index in [9.17, 15) is 9.59 Å². The van der Waals surface area contributed by atoms with Gasteiger partial charge in [-0.15, -0.1) is 0 Å². The summed E-state index contributed by atoms with van der Waals surface area (Å²) in [7, 11) is 1.68. The number of nitrogens with zero attached hydrogens (tertiary/aromatic N) is 5. The molecule has 0 bridgehead atoms. The summed E-state index contributed by atoms with van der Waals surface area (Å²) in [5.74, 6) is 0.998. The highest BCUT2D eigenvalue weighted by Crippen LogP contribution is 2.53. The molecule has 1 saturated carbocycles. The largest absolute Gasteiger partial charge is 0.339 e.